The van der Waals surface area contributed by atoms with Gasteiger partial charge in [-0.15, -0.1) is 17.5 Å². The molecule has 0 aliphatic carbocycles. The quantitative estimate of drug-likeness (QED) is 0.623. The van der Waals surface area contributed by atoms with Gasteiger partial charge in [0.1, 0.15) is 18.2 Å². The maximum absolute atomic E-state index is 13.0. The number of hydrogen-bond acceptors (Lipinski definition) is 5. The number of anilines is 1. The molecule has 1 fully saturated rings. The molecule has 1 aliphatic rings. The van der Waals surface area contributed by atoms with Crippen LogP contribution in [-0.2, 0) is 6.61 Å². The van der Waals surface area contributed by atoms with Gasteiger partial charge in [0.05, 0.1) is 12.2 Å². The summed E-state index contributed by atoms with van der Waals surface area (Å²) in [7, 11) is 0. The number of nitrogens with one attached hydrogen (secondary N) is 2. The Balaban J connectivity index is 0.00000256. The highest BCUT2D eigenvalue weighted by Crippen LogP contribution is 2.20. The van der Waals surface area contributed by atoms with Crippen LogP contribution in [0.15, 0.2) is 54.7 Å². The van der Waals surface area contributed by atoms with Crippen molar-refractivity contribution in [1.82, 2.24) is 20.3 Å². The Kier molecular flexibility index (Phi) is 7.37. The second kappa shape index (κ2) is 10.2. The number of ether oxygens (including phenoxy) is 1. The summed E-state index contributed by atoms with van der Waals surface area (Å²) in [6, 6.07) is 13.5. The molecule has 158 valence electrons. The van der Waals surface area contributed by atoms with E-state index in [0.29, 0.717) is 18.0 Å². The fourth-order valence-corrected chi connectivity index (χ4v) is 3.24. The maximum Gasteiger partial charge on any atom is 0.277 e. The van der Waals surface area contributed by atoms with Crippen molar-refractivity contribution in [3.63, 3.8) is 0 Å². The molecule has 4 rings (SSSR count). The molecule has 1 amide bonds. The number of carbonyl (C=O) groups is 1. The second-order valence-electron chi connectivity index (χ2n) is 6.96. The Morgan fingerprint density at radius 2 is 1.97 bits per heavy atom. The summed E-state index contributed by atoms with van der Waals surface area (Å²) in [4.78, 5) is 12.5. The highest BCUT2D eigenvalue weighted by atomic mass is 35.5. The van der Waals surface area contributed by atoms with Crippen LogP contribution in [0.25, 0.3) is 0 Å². The molecule has 0 spiro atoms. The Bertz CT molecular complexity index is 974. The van der Waals surface area contributed by atoms with Gasteiger partial charge in [0, 0.05) is 11.8 Å². The van der Waals surface area contributed by atoms with Gasteiger partial charge < -0.3 is 15.4 Å². The van der Waals surface area contributed by atoms with Crippen LogP contribution >= 0.6 is 12.4 Å². The Morgan fingerprint density at radius 1 is 1.20 bits per heavy atom. The summed E-state index contributed by atoms with van der Waals surface area (Å²) >= 11 is 0. The lowest BCUT2D eigenvalue weighted by Crippen LogP contribution is -2.29. The van der Waals surface area contributed by atoms with Crippen molar-refractivity contribution >= 4 is 24.0 Å². The van der Waals surface area contributed by atoms with Crippen LogP contribution in [-0.4, -0.2) is 34.0 Å². The van der Waals surface area contributed by atoms with Crippen LogP contribution < -0.4 is 15.4 Å². The van der Waals surface area contributed by atoms with Crippen LogP contribution in [0, 0.1) is 5.82 Å². The molecule has 2 N–H and O–H groups in total. The van der Waals surface area contributed by atoms with Crippen LogP contribution in [0.4, 0.5) is 10.1 Å². The van der Waals surface area contributed by atoms with Gasteiger partial charge in [0.25, 0.3) is 5.91 Å². The van der Waals surface area contributed by atoms with Crippen LogP contribution in [0.2, 0.25) is 0 Å². The fraction of sp³-hybridized carbons (Fsp3) is 0.286. The lowest BCUT2D eigenvalue weighted by atomic mass is 10.1. The maximum atomic E-state index is 13.0. The van der Waals surface area contributed by atoms with Gasteiger partial charge in [-0.1, -0.05) is 23.4 Å². The first-order chi connectivity index (χ1) is 14.2. The third kappa shape index (κ3) is 5.55. The number of piperidine rings is 1. The molecule has 1 aromatic heterocycles. The van der Waals surface area contributed by atoms with Crippen LogP contribution in [0.1, 0.15) is 34.9 Å². The predicted octanol–water partition coefficient (Wildman–Crippen LogP) is 3.59. The van der Waals surface area contributed by atoms with E-state index in [4.69, 9.17) is 4.74 Å². The SMILES string of the molecule is Cl.O=C(Nc1cccc(OCc2ccc(F)cc2)c1)c1cn(C2CCNCC2)nn1. The first-order valence-corrected chi connectivity index (χ1v) is 9.58. The third-order valence-corrected chi connectivity index (χ3v) is 4.84. The zero-order chi connectivity index (χ0) is 20.1. The fourth-order valence-electron chi connectivity index (χ4n) is 3.24. The highest BCUT2D eigenvalue weighted by Gasteiger charge is 2.18. The van der Waals surface area contributed by atoms with Gasteiger partial charge in [0.15, 0.2) is 5.69 Å². The number of benzene rings is 2. The number of hydrogen-bond donors (Lipinski definition) is 2. The molecule has 7 nitrogen and oxygen atoms in total. The molecular formula is C21H23ClFN5O2. The number of halogens is 2. The van der Waals surface area contributed by atoms with Gasteiger partial charge in [-0.3, -0.25) is 4.79 Å². The minimum atomic E-state index is -0.319. The molecule has 3 aromatic rings. The smallest absolute Gasteiger partial charge is 0.277 e. The minimum absolute atomic E-state index is 0. The molecule has 0 unspecified atom stereocenters. The van der Waals surface area contributed by atoms with Gasteiger partial charge in [-0.2, -0.15) is 0 Å². The van der Waals surface area contributed by atoms with Crippen molar-refractivity contribution in [2.24, 2.45) is 0 Å². The van der Waals surface area contributed by atoms with Crippen LogP contribution in [0.3, 0.4) is 0 Å². The number of amides is 1. The summed E-state index contributed by atoms with van der Waals surface area (Å²) in [5.41, 5.74) is 1.74. The van der Waals surface area contributed by atoms with Crippen molar-refractivity contribution in [3.8, 4) is 5.75 Å². The minimum Gasteiger partial charge on any atom is -0.489 e. The third-order valence-electron chi connectivity index (χ3n) is 4.84. The molecule has 0 bridgehead atoms. The molecule has 2 aromatic carbocycles. The van der Waals surface area contributed by atoms with Gasteiger partial charge >= 0.3 is 0 Å². The summed E-state index contributed by atoms with van der Waals surface area (Å²) in [5.74, 6) is 0.00176. The van der Waals surface area contributed by atoms with Gasteiger partial charge in [0.2, 0.25) is 0 Å². The molecular weight excluding hydrogens is 409 g/mol. The zero-order valence-corrected chi connectivity index (χ0v) is 17.1. The van der Waals surface area contributed by atoms with Gasteiger partial charge in [-0.05, 0) is 55.8 Å². The monoisotopic (exact) mass is 431 g/mol. The number of rotatable bonds is 6. The van der Waals surface area contributed by atoms with Crippen LogP contribution in [0.5, 0.6) is 5.75 Å². The van der Waals surface area contributed by atoms with E-state index in [9.17, 15) is 9.18 Å². The lowest BCUT2D eigenvalue weighted by molar-refractivity contribution is 0.102. The second-order valence-corrected chi connectivity index (χ2v) is 6.96. The summed E-state index contributed by atoms with van der Waals surface area (Å²) in [6.45, 7) is 2.19. The van der Waals surface area contributed by atoms with Crippen molar-refractivity contribution in [3.05, 3.63) is 71.8 Å². The molecule has 0 saturated carbocycles. The number of carbonyl (C=O) groups excluding carboxylic acids is 1. The topological polar surface area (TPSA) is 81.1 Å². The van der Waals surface area contributed by atoms with Crippen molar-refractivity contribution in [1.29, 1.82) is 0 Å². The van der Waals surface area contributed by atoms with Crippen molar-refractivity contribution < 1.29 is 13.9 Å². The van der Waals surface area contributed by atoms with E-state index in [2.05, 4.69) is 20.9 Å². The molecule has 1 saturated heterocycles. The molecule has 0 radical (unpaired) electrons. The van der Waals surface area contributed by atoms with E-state index in [0.717, 1.165) is 31.5 Å². The van der Waals surface area contributed by atoms with E-state index >= 15 is 0 Å². The Hall–Kier alpha value is -2.97. The average Bonchev–Trinajstić information content (AvgIpc) is 3.25. The zero-order valence-electron chi connectivity index (χ0n) is 16.3. The van der Waals surface area contributed by atoms with E-state index in [1.54, 1.807) is 47.3 Å². The normalized spacial score (nSPS) is 14.0. The predicted molar refractivity (Wildman–Crippen MR) is 114 cm³/mol. The summed E-state index contributed by atoms with van der Waals surface area (Å²) in [5, 5.41) is 14.3. The largest absolute Gasteiger partial charge is 0.489 e. The van der Waals surface area contributed by atoms with E-state index in [1.165, 1.54) is 12.1 Å². The Morgan fingerprint density at radius 3 is 2.73 bits per heavy atom. The molecule has 30 heavy (non-hydrogen) atoms. The number of nitrogens with zero attached hydrogens (tertiary/aromatic N) is 3. The van der Waals surface area contributed by atoms with E-state index in [-0.39, 0.29) is 35.9 Å². The highest BCUT2D eigenvalue weighted by molar-refractivity contribution is 6.02. The first-order valence-electron chi connectivity index (χ1n) is 9.58. The average molecular weight is 432 g/mol. The van der Waals surface area contributed by atoms with E-state index < -0.39 is 0 Å². The lowest BCUT2D eigenvalue weighted by Gasteiger charge is -2.22. The van der Waals surface area contributed by atoms with Crippen molar-refractivity contribution in [2.75, 3.05) is 18.4 Å². The Labute approximate surface area is 180 Å². The standard InChI is InChI=1S/C21H22FN5O2.ClH/c22-16-6-4-15(5-7-16)14-29-19-3-1-2-17(12-19)24-21(28)20-13-27(26-25-20)18-8-10-23-11-9-18;/h1-7,12-13,18,23H,8-11,14H2,(H,24,28);1H. The summed E-state index contributed by atoms with van der Waals surface area (Å²) < 4.78 is 20.5. The molecule has 1 aliphatic heterocycles. The van der Waals surface area contributed by atoms with Crippen molar-refractivity contribution in [2.45, 2.75) is 25.5 Å². The van der Waals surface area contributed by atoms with E-state index in [1.807, 2.05) is 0 Å². The van der Waals surface area contributed by atoms with Gasteiger partial charge in [-0.25, -0.2) is 9.07 Å². The molecule has 2 heterocycles. The molecule has 9 heteroatoms. The molecule has 0 atom stereocenters. The summed E-state index contributed by atoms with van der Waals surface area (Å²) in [6.07, 6.45) is 3.63. The number of aromatic nitrogens is 3. The first kappa shape index (κ1) is 21.7.